The average molecular weight is 250 g/mol. The molecule has 0 aliphatic rings. The van der Waals surface area contributed by atoms with Crippen molar-refractivity contribution in [1.82, 2.24) is 5.32 Å². The van der Waals surface area contributed by atoms with Crippen LogP contribution in [0.1, 0.15) is 33.1 Å². The maximum absolute atomic E-state index is 11.6. The molecule has 0 saturated heterocycles. The third kappa shape index (κ3) is 6.79. The van der Waals surface area contributed by atoms with E-state index in [4.69, 9.17) is 5.73 Å². The monoisotopic (exact) mass is 250 g/mol. The third-order valence-electron chi connectivity index (χ3n) is 2.47. The molecule has 1 amide bonds. The molecule has 0 fully saturated rings. The zero-order chi connectivity index (χ0) is 12.8. The van der Waals surface area contributed by atoms with Gasteiger partial charge in [0.25, 0.3) is 0 Å². The lowest BCUT2D eigenvalue weighted by Crippen LogP contribution is -2.45. The van der Waals surface area contributed by atoms with Crippen LogP contribution < -0.4 is 11.1 Å². The van der Waals surface area contributed by atoms with Crippen molar-refractivity contribution in [1.29, 1.82) is 0 Å². The molecule has 1 unspecified atom stereocenters. The molecule has 96 valence electrons. The van der Waals surface area contributed by atoms with Crippen LogP contribution in [-0.4, -0.2) is 38.4 Å². The van der Waals surface area contributed by atoms with Crippen LogP contribution in [0.5, 0.6) is 0 Å². The summed E-state index contributed by atoms with van der Waals surface area (Å²) >= 11 is 0. The Hall–Kier alpha value is -0.620. The first-order chi connectivity index (χ1) is 7.30. The van der Waals surface area contributed by atoms with Gasteiger partial charge >= 0.3 is 0 Å². The molecule has 0 aromatic rings. The maximum atomic E-state index is 11.6. The van der Waals surface area contributed by atoms with Crippen molar-refractivity contribution in [3.05, 3.63) is 0 Å². The Bertz CT molecular complexity index is 310. The van der Waals surface area contributed by atoms with Crippen molar-refractivity contribution < 1.29 is 13.2 Å². The minimum atomic E-state index is -3.05. The van der Waals surface area contributed by atoms with Crippen LogP contribution in [0.3, 0.4) is 0 Å². The minimum Gasteiger partial charge on any atom is -0.352 e. The van der Waals surface area contributed by atoms with E-state index in [1.807, 2.05) is 13.8 Å². The Kier molecular flexibility index (Phi) is 6.59. The average Bonchev–Trinajstić information content (AvgIpc) is 2.20. The summed E-state index contributed by atoms with van der Waals surface area (Å²) in [4.78, 5) is 11.6. The molecule has 0 spiro atoms. The fourth-order valence-corrected chi connectivity index (χ4v) is 1.96. The summed E-state index contributed by atoms with van der Waals surface area (Å²) in [6.07, 6.45) is 3.01. The second-order valence-electron chi connectivity index (χ2n) is 4.05. The van der Waals surface area contributed by atoms with E-state index < -0.39 is 15.9 Å². The van der Waals surface area contributed by atoms with Crippen LogP contribution >= 0.6 is 0 Å². The molecular formula is C10H22N2O3S. The molecule has 3 N–H and O–H groups in total. The van der Waals surface area contributed by atoms with Crippen molar-refractivity contribution in [2.24, 2.45) is 5.73 Å². The molecule has 0 heterocycles. The molecule has 0 aliphatic carbocycles. The predicted molar refractivity (Wildman–Crippen MR) is 64.8 cm³/mol. The number of carbonyl (C=O) groups is 1. The summed E-state index contributed by atoms with van der Waals surface area (Å²) in [5.74, 6) is -0.317. The zero-order valence-electron chi connectivity index (χ0n) is 10.2. The van der Waals surface area contributed by atoms with Crippen molar-refractivity contribution in [3.8, 4) is 0 Å². The van der Waals surface area contributed by atoms with Crippen molar-refractivity contribution in [2.75, 3.05) is 12.0 Å². The number of rotatable bonds is 7. The third-order valence-corrected chi connectivity index (χ3v) is 3.45. The van der Waals surface area contributed by atoms with E-state index in [-0.39, 0.29) is 24.1 Å². The van der Waals surface area contributed by atoms with E-state index in [0.29, 0.717) is 0 Å². The van der Waals surface area contributed by atoms with Gasteiger partial charge in [-0.2, -0.15) is 0 Å². The maximum Gasteiger partial charge on any atom is 0.237 e. The van der Waals surface area contributed by atoms with Gasteiger partial charge in [-0.05, 0) is 19.3 Å². The molecule has 0 radical (unpaired) electrons. The molecule has 5 nitrogen and oxygen atoms in total. The van der Waals surface area contributed by atoms with Crippen LogP contribution in [-0.2, 0) is 14.6 Å². The van der Waals surface area contributed by atoms with Gasteiger partial charge in [0.1, 0.15) is 9.84 Å². The van der Waals surface area contributed by atoms with Crippen LogP contribution in [0.15, 0.2) is 0 Å². The van der Waals surface area contributed by atoms with E-state index >= 15 is 0 Å². The molecule has 16 heavy (non-hydrogen) atoms. The summed E-state index contributed by atoms with van der Waals surface area (Å²) in [5.41, 5.74) is 5.61. The van der Waals surface area contributed by atoms with Gasteiger partial charge in [0.05, 0.1) is 11.8 Å². The first-order valence-electron chi connectivity index (χ1n) is 5.53. The fourth-order valence-electron chi connectivity index (χ4n) is 1.27. The summed E-state index contributed by atoms with van der Waals surface area (Å²) < 4.78 is 21.8. The number of sulfone groups is 1. The lowest BCUT2D eigenvalue weighted by atomic mass is 10.1. The number of carbonyl (C=O) groups excluding carboxylic acids is 1. The smallest absolute Gasteiger partial charge is 0.237 e. The van der Waals surface area contributed by atoms with Gasteiger partial charge in [0.15, 0.2) is 0 Å². The standard InChI is InChI=1S/C10H22N2O3S/c1-4-8(5-2)12-10(13)9(11)6-7-16(3,14)15/h8-9H,4-7,11H2,1-3H3,(H,12,13). The first-order valence-corrected chi connectivity index (χ1v) is 7.59. The highest BCUT2D eigenvalue weighted by atomic mass is 32.2. The Morgan fingerprint density at radius 2 is 1.81 bits per heavy atom. The Morgan fingerprint density at radius 3 is 2.19 bits per heavy atom. The summed E-state index contributed by atoms with van der Waals surface area (Å²) in [6.45, 7) is 3.97. The van der Waals surface area contributed by atoms with E-state index in [0.717, 1.165) is 19.1 Å². The highest BCUT2D eigenvalue weighted by Gasteiger charge is 2.17. The van der Waals surface area contributed by atoms with Gasteiger partial charge in [0, 0.05) is 12.3 Å². The molecule has 1 atom stereocenters. The largest absolute Gasteiger partial charge is 0.352 e. The van der Waals surface area contributed by atoms with Crippen LogP contribution in [0.2, 0.25) is 0 Å². The quantitative estimate of drug-likeness (QED) is 0.668. The van der Waals surface area contributed by atoms with Gasteiger partial charge in [0.2, 0.25) is 5.91 Å². The van der Waals surface area contributed by atoms with Crippen molar-refractivity contribution in [3.63, 3.8) is 0 Å². The molecule has 0 aromatic carbocycles. The van der Waals surface area contributed by atoms with Crippen LogP contribution in [0, 0.1) is 0 Å². The van der Waals surface area contributed by atoms with Crippen LogP contribution in [0.4, 0.5) is 0 Å². The second-order valence-corrected chi connectivity index (χ2v) is 6.31. The van der Waals surface area contributed by atoms with E-state index in [2.05, 4.69) is 5.32 Å². The van der Waals surface area contributed by atoms with Gasteiger partial charge in [-0.1, -0.05) is 13.8 Å². The number of nitrogens with one attached hydrogen (secondary N) is 1. The number of nitrogens with two attached hydrogens (primary N) is 1. The molecular weight excluding hydrogens is 228 g/mol. The zero-order valence-corrected chi connectivity index (χ0v) is 11.0. The Labute approximate surface area is 97.7 Å². The Morgan fingerprint density at radius 1 is 1.31 bits per heavy atom. The van der Waals surface area contributed by atoms with Gasteiger partial charge in [-0.25, -0.2) is 8.42 Å². The van der Waals surface area contributed by atoms with E-state index in [1.165, 1.54) is 0 Å². The highest BCUT2D eigenvalue weighted by Crippen LogP contribution is 1.99. The topological polar surface area (TPSA) is 89.3 Å². The fraction of sp³-hybridized carbons (Fsp3) is 0.900. The summed E-state index contributed by atoms with van der Waals surface area (Å²) in [5, 5.41) is 2.79. The highest BCUT2D eigenvalue weighted by molar-refractivity contribution is 7.90. The molecule has 0 rings (SSSR count). The van der Waals surface area contributed by atoms with Crippen molar-refractivity contribution in [2.45, 2.75) is 45.2 Å². The predicted octanol–water partition coefficient (Wildman–Crippen LogP) is 0.0532. The molecule has 0 bridgehead atoms. The molecule has 0 aliphatic heterocycles. The normalized spacial score (nSPS) is 13.8. The van der Waals surface area contributed by atoms with E-state index in [9.17, 15) is 13.2 Å². The lowest BCUT2D eigenvalue weighted by molar-refractivity contribution is -0.123. The second kappa shape index (κ2) is 6.85. The lowest BCUT2D eigenvalue weighted by Gasteiger charge is -2.18. The summed E-state index contributed by atoms with van der Waals surface area (Å²) in [6, 6.07) is -0.618. The molecule has 0 saturated carbocycles. The number of hydrogen-bond donors (Lipinski definition) is 2. The minimum absolute atomic E-state index is 0.0511. The van der Waals surface area contributed by atoms with Gasteiger partial charge in [-0.3, -0.25) is 4.79 Å². The number of hydrogen-bond acceptors (Lipinski definition) is 4. The van der Waals surface area contributed by atoms with Crippen molar-refractivity contribution >= 4 is 15.7 Å². The van der Waals surface area contributed by atoms with Gasteiger partial charge in [-0.15, -0.1) is 0 Å². The van der Waals surface area contributed by atoms with Gasteiger partial charge < -0.3 is 11.1 Å². The molecule has 0 aromatic heterocycles. The number of amides is 1. The first kappa shape index (κ1) is 15.4. The molecule has 6 heteroatoms. The Balaban J connectivity index is 4.09. The van der Waals surface area contributed by atoms with E-state index in [1.54, 1.807) is 0 Å². The SMILES string of the molecule is CCC(CC)NC(=O)C(N)CCS(C)(=O)=O. The summed E-state index contributed by atoms with van der Waals surface area (Å²) in [7, 11) is -3.05. The van der Waals surface area contributed by atoms with Crippen LogP contribution in [0.25, 0.3) is 0 Å².